The Morgan fingerprint density at radius 3 is 0.723 bits per heavy atom. The van der Waals surface area contributed by atoms with Gasteiger partial charge in [-0.1, -0.05) is 116 Å². The van der Waals surface area contributed by atoms with Gasteiger partial charge >= 0.3 is 23.9 Å². The van der Waals surface area contributed by atoms with E-state index in [0.29, 0.717) is 11.8 Å². The zero-order valence-electron chi connectivity index (χ0n) is 29.6. The molecule has 2 atom stereocenters. The lowest BCUT2D eigenvalue weighted by molar-refractivity contribution is -0.138. The van der Waals surface area contributed by atoms with Gasteiger partial charge in [0.1, 0.15) is 0 Å². The summed E-state index contributed by atoms with van der Waals surface area (Å²) in [6, 6.07) is 0. The molecule has 0 saturated heterocycles. The normalized spacial score (nSPS) is 12.6. The molecule has 0 radical (unpaired) electrons. The molecule has 9 nitrogen and oxygen atoms in total. The monoisotopic (exact) mass is 671 g/mol. The van der Waals surface area contributed by atoms with Gasteiger partial charge < -0.3 is 25.2 Å². The second kappa shape index (κ2) is 33.7. The molecule has 2 unspecified atom stereocenters. The molecule has 0 heterocycles. The Hall–Kier alpha value is -2.16. The molecule has 276 valence electrons. The summed E-state index contributed by atoms with van der Waals surface area (Å²) in [4.78, 5) is 42.9. The van der Waals surface area contributed by atoms with Crippen LogP contribution in [-0.4, -0.2) is 57.5 Å². The van der Waals surface area contributed by atoms with Gasteiger partial charge in [0.15, 0.2) is 0 Å². The predicted octanol–water partition coefficient (Wildman–Crippen LogP) is 10.3. The molecule has 0 rings (SSSR count). The SMILES string of the molecule is O=C(O)CCCCCCCCC(CCCCCCCC(=O)O)COCC(CCCCCCCCC(=O)O)CCCCCCCC(=O)O. The van der Waals surface area contributed by atoms with Crippen LogP contribution in [0.2, 0.25) is 0 Å². The topological polar surface area (TPSA) is 158 Å². The Labute approximate surface area is 285 Å². The quantitative estimate of drug-likeness (QED) is 0.0469. The van der Waals surface area contributed by atoms with Gasteiger partial charge in [-0.15, -0.1) is 0 Å². The largest absolute Gasteiger partial charge is 0.481 e. The Morgan fingerprint density at radius 2 is 0.511 bits per heavy atom. The number of hydrogen-bond acceptors (Lipinski definition) is 5. The molecule has 0 bridgehead atoms. The summed E-state index contributed by atoms with van der Waals surface area (Å²) in [5.74, 6) is -1.80. The first-order valence-electron chi connectivity index (χ1n) is 19.2. The van der Waals surface area contributed by atoms with E-state index in [9.17, 15) is 19.2 Å². The Bertz CT molecular complexity index is 708. The van der Waals surface area contributed by atoms with Gasteiger partial charge in [-0.05, 0) is 63.2 Å². The Balaban J connectivity index is 4.65. The standard InChI is InChI=1S/C38H70O9/c39-35(40)27-19-11-3-1-7-15-23-33(25-17-9-5-13-21-29-37(43)44)31-47-32-34(26-18-10-6-14-22-30-38(45)46)24-16-8-2-4-12-20-28-36(41)42/h33-34H,1-32H2,(H,39,40)(H,41,42)(H,43,44)(H,45,46). The van der Waals surface area contributed by atoms with E-state index >= 15 is 0 Å². The maximum atomic E-state index is 10.8. The molecule has 0 aliphatic heterocycles. The third kappa shape index (κ3) is 36.5. The summed E-state index contributed by atoms with van der Waals surface area (Å²) in [6.45, 7) is 1.57. The minimum Gasteiger partial charge on any atom is -0.481 e. The summed E-state index contributed by atoms with van der Waals surface area (Å²) in [7, 11) is 0. The van der Waals surface area contributed by atoms with E-state index in [1.54, 1.807) is 0 Å². The van der Waals surface area contributed by atoms with Crippen LogP contribution in [0, 0.1) is 11.8 Å². The van der Waals surface area contributed by atoms with Crippen molar-refractivity contribution in [2.45, 2.75) is 193 Å². The van der Waals surface area contributed by atoms with E-state index in [-0.39, 0.29) is 25.7 Å². The number of carboxylic acid groups (broad SMARTS) is 4. The summed E-state index contributed by atoms with van der Waals surface area (Å²) in [6.07, 6.45) is 28.4. The molecule has 0 aliphatic rings. The molecule has 0 saturated carbocycles. The highest BCUT2D eigenvalue weighted by atomic mass is 16.5. The molecular formula is C38H70O9. The molecule has 4 N–H and O–H groups in total. The van der Waals surface area contributed by atoms with Gasteiger partial charge in [0.2, 0.25) is 0 Å². The molecule has 0 aromatic carbocycles. The Kier molecular flexibility index (Phi) is 32.2. The summed E-state index contributed by atoms with van der Waals surface area (Å²) in [5.41, 5.74) is 0. The second-order valence-corrected chi connectivity index (χ2v) is 13.8. The predicted molar refractivity (Wildman–Crippen MR) is 187 cm³/mol. The van der Waals surface area contributed by atoms with Crippen molar-refractivity contribution in [2.75, 3.05) is 13.2 Å². The summed E-state index contributed by atoms with van der Waals surface area (Å²) in [5, 5.41) is 35.3. The number of hydrogen-bond donors (Lipinski definition) is 4. The molecule has 0 spiro atoms. The van der Waals surface area contributed by atoms with Crippen molar-refractivity contribution in [3.63, 3.8) is 0 Å². The lowest BCUT2D eigenvalue weighted by Gasteiger charge is -2.21. The molecule has 9 heteroatoms. The maximum Gasteiger partial charge on any atom is 0.303 e. The van der Waals surface area contributed by atoms with Crippen LogP contribution in [0.5, 0.6) is 0 Å². The van der Waals surface area contributed by atoms with Gasteiger partial charge in [-0.2, -0.15) is 0 Å². The van der Waals surface area contributed by atoms with Crippen LogP contribution in [0.3, 0.4) is 0 Å². The van der Waals surface area contributed by atoms with Crippen LogP contribution in [-0.2, 0) is 23.9 Å². The molecule has 47 heavy (non-hydrogen) atoms. The fraction of sp³-hybridized carbons (Fsp3) is 0.895. The van der Waals surface area contributed by atoms with Gasteiger partial charge in [-0.25, -0.2) is 0 Å². The van der Waals surface area contributed by atoms with E-state index in [4.69, 9.17) is 25.2 Å². The first-order valence-corrected chi connectivity index (χ1v) is 19.2. The van der Waals surface area contributed by atoms with Gasteiger partial charge in [-0.3, -0.25) is 19.2 Å². The van der Waals surface area contributed by atoms with E-state index in [1.165, 1.54) is 25.7 Å². The number of aliphatic carboxylic acids is 4. The van der Waals surface area contributed by atoms with Gasteiger partial charge in [0, 0.05) is 38.9 Å². The highest BCUT2D eigenvalue weighted by molar-refractivity contribution is 5.67. The fourth-order valence-electron chi connectivity index (χ4n) is 6.34. The van der Waals surface area contributed by atoms with Crippen molar-refractivity contribution in [1.29, 1.82) is 0 Å². The molecular weight excluding hydrogens is 600 g/mol. The van der Waals surface area contributed by atoms with E-state index in [0.717, 1.165) is 154 Å². The van der Waals surface area contributed by atoms with Crippen LogP contribution in [0.4, 0.5) is 0 Å². The number of unbranched alkanes of at least 4 members (excludes halogenated alkanes) is 18. The highest BCUT2D eigenvalue weighted by Crippen LogP contribution is 2.23. The average molecular weight is 671 g/mol. The van der Waals surface area contributed by atoms with Crippen LogP contribution < -0.4 is 0 Å². The number of rotatable bonds is 38. The molecule has 0 aliphatic carbocycles. The third-order valence-electron chi connectivity index (χ3n) is 9.22. The maximum absolute atomic E-state index is 10.8. The smallest absolute Gasteiger partial charge is 0.303 e. The number of ether oxygens (including phenoxy) is 1. The first kappa shape index (κ1) is 44.8. The molecule has 0 aromatic heterocycles. The van der Waals surface area contributed by atoms with Gasteiger partial charge in [0.25, 0.3) is 0 Å². The first-order chi connectivity index (χ1) is 22.7. The number of carbonyl (C=O) groups is 4. The third-order valence-corrected chi connectivity index (χ3v) is 9.22. The van der Waals surface area contributed by atoms with E-state index < -0.39 is 23.9 Å². The van der Waals surface area contributed by atoms with Crippen molar-refractivity contribution in [3.05, 3.63) is 0 Å². The van der Waals surface area contributed by atoms with Crippen molar-refractivity contribution in [2.24, 2.45) is 11.8 Å². The van der Waals surface area contributed by atoms with Crippen LogP contribution >= 0.6 is 0 Å². The lowest BCUT2D eigenvalue weighted by atomic mass is 9.93. The van der Waals surface area contributed by atoms with Crippen LogP contribution in [0.25, 0.3) is 0 Å². The van der Waals surface area contributed by atoms with Crippen LogP contribution in [0.1, 0.15) is 193 Å². The van der Waals surface area contributed by atoms with Crippen molar-refractivity contribution >= 4 is 23.9 Å². The lowest BCUT2D eigenvalue weighted by Crippen LogP contribution is -2.16. The second-order valence-electron chi connectivity index (χ2n) is 13.8. The Morgan fingerprint density at radius 1 is 0.319 bits per heavy atom. The molecule has 0 amide bonds. The van der Waals surface area contributed by atoms with E-state index in [1.807, 2.05) is 0 Å². The molecule has 0 aromatic rings. The minimum absolute atomic E-state index is 0.255. The molecule has 0 fully saturated rings. The van der Waals surface area contributed by atoms with Gasteiger partial charge in [0.05, 0.1) is 0 Å². The van der Waals surface area contributed by atoms with Crippen molar-refractivity contribution in [1.82, 2.24) is 0 Å². The van der Waals surface area contributed by atoms with E-state index in [2.05, 4.69) is 0 Å². The van der Waals surface area contributed by atoms with Crippen LogP contribution in [0.15, 0.2) is 0 Å². The summed E-state index contributed by atoms with van der Waals surface area (Å²) < 4.78 is 6.43. The van der Waals surface area contributed by atoms with Crippen molar-refractivity contribution in [3.8, 4) is 0 Å². The highest BCUT2D eigenvalue weighted by Gasteiger charge is 2.14. The zero-order valence-corrected chi connectivity index (χ0v) is 29.6. The average Bonchev–Trinajstić information content (AvgIpc) is 3.01. The summed E-state index contributed by atoms with van der Waals surface area (Å²) >= 11 is 0. The minimum atomic E-state index is -0.717. The zero-order chi connectivity index (χ0) is 34.8. The van der Waals surface area contributed by atoms with Crippen molar-refractivity contribution < 1.29 is 44.3 Å². The fourth-order valence-corrected chi connectivity index (χ4v) is 6.34. The number of carboxylic acids is 4.